The second-order valence-electron chi connectivity index (χ2n) is 1.80. The van der Waals surface area contributed by atoms with Crippen LogP contribution in [0.4, 0.5) is 0 Å². The number of carboxylic acid groups (broad SMARTS) is 1. The highest BCUT2D eigenvalue weighted by molar-refractivity contribution is 7.73. The third-order valence-corrected chi connectivity index (χ3v) is 2.03. The Hall–Kier alpha value is -0.840. The van der Waals surface area contributed by atoms with E-state index >= 15 is 0 Å². The van der Waals surface area contributed by atoms with E-state index in [0.717, 1.165) is 0 Å². The molecule has 1 unspecified atom stereocenters. The van der Waals surface area contributed by atoms with Crippen LogP contribution in [-0.4, -0.2) is 24.4 Å². The second-order valence-corrected chi connectivity index (χ2v) is 2.79. The van der Waals surface area contributed by atoms with Gasteiger partial charge in [-0.1, -0.05) is 0 Å². The first-order valence-corrected chi connectivity index (χ1v) is 3.38. The van der Waals surface area contributed by atoms with Crippen LogP contribution in [0.2, 0.25) is 0 Å². The van der Waals surface area contributed by atoms with E-state index in [0.29, 0.717) is 0 Å². The second kappa shape index (κ2) is 1.84. The predicted octanol–water partition coefficient (Wildman–Crippen LogP) is -0.858. The SMILES string of the molecule is O=C(O)C1CC1=S(=O)=O. The molecular formula is C4H4O4S. The fraction of sp³-hybridized carbons (Fsp3) is 0.500. The molecule has 0 heterocycles. The third-order valence-electron chi connectivity index (χ3n) is 1.15. The van der Waals surface area contributed by atoms with Gasteiger partial charge in [-0.15, -0.1) is 0 Å². The van der Waals surface area contributed by atoms with Crippen LogP contribution in [0, 0.1) is 5.92 Å². The molecule has 0 aromatic carbocycles. The maximum Gasteiger partial charge on any atom is 0.312 e. The number of aliphatic carboxylic acids is 1. The van der Waals surface area contributed by atoms with E-state index in [1.807, 2.05) is 0 Å². The number of hydrogen-bond acceptors (Lipinski definition) is 3. The molecule has 0 amide bonds. The van der Waals surface area contributed by atoms with Crippen LogP contribution in [0.15, 0.2) is 0 Å². The lowest BCUT2D eigenvalue weighted by molar-refractivity contribution is -0.137. The van der Waals surface area contributed by atoms with Gasteiger partial charge in [-0.2, -0.15) is 8.42 Å². The summed E-state index contributed by atoms with van der Waals surface area (Å²) in [5, 5.41) is 8.18. The summed E-state index contributed by atoms with van der Waals surface area (Å²) in [5.41, 5.74) is 0. The number of carbonyl (C=O) groups is 1. The first-order chi connectivity index (χ1) is 4.13. The molecule has 5 heteroatoms. The molecule has 0 bridgehead atoms. The highest BCUT2D eigenvalue weighted by atomic mass is 32.2. The fourth-order valence-electron chi connectivity index (χ4n) is 0.551. The molecule has 4 nitrogen and oxygen atoms in total. The topological polar surface area (TPSA) is 71.4 Å². The molecule has 0 aromatic heterocycles. The van der Waals surface area contributed by atoms with Gasteiger partial charge < -0.3 is 5.11 Å². The van der Waals surface area contributed by atoms with Crippen LogP contribution in [0.5, 0.6) is 0 Å². The highest BCUT2D eigenvalue weighted by Crippen LogP contribution is 2.24. The lowest BCUT2D eigenvalue weighted by atomic mass is 10.5. The molecule has 0 radical (unpaired) electrons. The fourth-order valence-corrected chi connectivity index (χ4v) is 1.19. The van der Waals surface area contributed by atoms with E-state index in [1.54, 1.807) is 0 Å². The molecular weight excluding hydrogens is 144 g/mol. The largest absolute Gasteiger partial charge is 0.481 e. The van der Waals surface area contributed by atoms with Crippen LogP contribution >= 0.6 is 0 Å². The summed E-state index contributed by atoms with van der Waals surface area (Å²) in [5.74, 6) is -1.77. The highest BCUT2D eigenvalue weighted by Gasteiger charge is 2.40. The third kappa shape index (κ3) is 1.10. The predicted molar refractivity (Wildman–Crippen MR) is 29.7 cm³/mol. The van der Waals surface area contributed by atoms with E-state index < -0.39 is 22.2 Å². The van der Waals surface area contributed by atoms with E-state index in [2.05, 4.69) is 0 Å². The maximum atomic E-state index is 9.98. The van der Waals surface area contributed by atoms with Gasteiger partial charge in [-0.05, 0) is 0 Å². The molecule has 0 aromatic rings. The van der Waals surface area contributed by atoms with Crippen LogP contribution in [0.3, 0.4) is 0 Å². The average molecular weight is 148 g/mol. The maximum absolute atomic E-state index is 9.98. The molecule has 0 saturated heterocycles. The molecule has 1 N–H and O–H groups in total. The first-order valence-electron chi connectivity index (χ1n) is 2.30. The average Bonchev–Trinajstić information content (AvgIpc) is 2.39. The molecule has 0 aliphatic heterocycles. The van der Waals surface area contributed by atoms with Gasteiger partial charge in [0, 0.05) is 6.42 Å². The van der Waals surface area contributed by atoms with Crippen molar-refractivity contribution < 1.29 is 18.3 Å². The van der Waals surface area contributed by atoms with Crippen molar-refractivity contribution in [3.05, 3.63) is 0 Å². The van der Waals surface area contributed by atoms with Gasteiger partial charge in [0.05, 0.1) is 10.8 Å². The summed E-state index contributed by atoms with van der Waals surface area (Å²) in [6, 6.07) is 0. The van der Waals surface area contributed by atoms with Gasteiger partial charge in [0.1, 0.15) is 0 Å². The summed E-state index contributed by atoms with van der Waals surface area (Å²) < 4.78 is 20.0. The van der Waals surface area contributed by atoms with Gasteiger partial charge in [0.2, 0.25) is 10.3 Å². The lowest BCUT2D eigenvalue weighted by Crippen LogP contribution is -1.98. The van der Waals surface area contributed by atoms with Crippen LogP contribution in [0.1, 0.15) is 6.42 Å². The normalized spacial score (nSPS) is 23.6. The van der Waals surface area contributed by atoms with Gasteiger partial charge in [0.25, 0.3) is 0 Å². The summed E-state index contributed by atoms with van der Waals surface area (Å²) in [6.07, 6.45) is 0.200. The van der Waals surface area contributed by atoms with Gasteiger partial charge in [-0.25, -0.2) is 0 Å². The molecule has 50 valence electrons. The van der Waals surface area contributed by atoms with E-state index in [1.165, 1.54) is 0 Å². The Morgan fingerprint density at radius 2 is 2.22 bits per heavy atom. The quantitative estimate of drug-likeness (QED) is 0.491. The van der Waals surface area contributed by atoms with Gasteiger partial charge >= 0.3 is 5.97 Å². The van der Waals surface area contributed by atoms with Gasteiger partial charge in [0.15, 0.2) is 0 Å². The van der Waals surface area contributed by atoms with E-state index in [4.69, 9.17) is 5.11 Å². The van der Waals surface area contributed by atoms with Crippen LogP contribution < -0.4 is 0 Å². The van der Waals surface area contributed by atoms with Crippen molar-refractivity contribution in [2.24, 2.45) is 5.92 Å². The Labute approximate surface area is 52.6 Å². The molecule has 1 aliphatic rings. The molecule has 0 spiro atoms. The van der Waals surface area contributed by atoms with Crippen molar-refractivity contribution in [2.75, 3.05) is 0 Å². The molecule has 1 fully saturated rings. The van der Waals surface area contributed by atoms with Crippen molar-refractivity contribution in [3.63, 3.8) is 0 Å². The smallest absolute Gasteiger partial charge is 0.312 e. The zero-order chi connectivity index (χ0) is 7.02. The summed E-state index contributed by atoms with van der Waals surface area (Å²) in [7, 11) is -2.27. The van der Waals surface area contributed by atoms with Crippen molar-refractivity contribution in [1.29, 1.82) is 0 Å². The summed E-state index contributed by atoms with van der Waals surface area (Å²) in [6.45, 7) is 0. The summed E-state index contributed by atoms with van der Waals surface area (Å²) in [4.78, 5) is 10.1. The number of hydrogen-bond donors (Lipinski definition) is 1. The van der Waals surface area contributed by atoms with Crippen molar-refractivity contribution >= 4 is 21.1 Å². The monoisotopic (exact) mass is 148 g/mol. The Morgan fingerprint density at radius 1 is 1.67 bits per heavy atom. The van der Waals surface area contributed by atoms with Crippen molar-refractivity contribution in [3.8, 4) is 0 Å². The summed E-state index contributed by atoms with van der Waals surface area (Å²) >= 11 is 0. The zero-order valence-electron chi connectivity index (χ0n) is 4.36. The molecule has 1 atom stereocenters. The molecule has 1 aliphatic carbocycles. The van der Waals surface area contributed by atoms with Crippen molar-refractivity contribution in [2.45, 2.75) is 6.42 Å². The molecule has 1 rings (SSSR count). The Bertz CT molecular complexity index is 265. The molecule has 1 saturated carbocycles. The molecule has 9 heavy (non-hydrogen) atoms. The number of carboxylic acids is 1. The van der Waals surface area contributed by atoms with Gasteiger partial charge in [-0.3, -0.25) is 4.79 Å². The van der Waals surface area contributed by atoms with E-state index in [-0.39, 0.29) is 11.3 Å². The minimum absolute atomic E-state index is 0.113. The lowest BCUT2D eigenvalue weighted by Gasteiger charge is -1.75. The minimum Gasteiger partial charge on any atom is -0.481 e. The van der Waals surface area contributed by atoms with Crippen molar-refractivity contribution in [1.82, 2.24) is 0 Å². The van der Waals surface area contributed by atoms with Crippen LogP contribution in [-0.2, 0) is 15.1 Å². The zero-order valence-corrected chi connectivity index (χ0v) is 5.18. The van der Waals surface area contributed by atoms with E-state index in [9.17, 15) is 13.2 Å². The Kier molecular flexibility index (Phi) is 1.28. The number of rotatable bonds is 1. The minimum atomic E-state index is -2.27. The standard InChI is InChI=1S/C4H4O4S/c5-4(6)2-1-3(2)9(7)8/h2H,1H2,(H,5,6). The first kappa shape index (κ1) is 6.28. The van der Waals surface area contributed by atoms with Crippen LogP contribution in [0.25, 0.3) is 0 Å². The Balaban J connectivity index is 2.85. The Morgan fingerprint density at radius 3 is 2.33 bits per heavy atom.